The summed E-state index contributed by atoms with van der Waals surface area (Å²) in [5.74, 6) is -1.78. The zero-order chi connectivity index (χ0) is 21.7. The zero-order valence-electron chi connectivity index (χ0n) is 15.0. The molecule has 8 nitrogen and oxygen atoms in total. The van der Waals surface area contributed by atoms with Crippen molar-refractivity contribution in [1.82, 2.24) is 5.32 Å². The molecule has 1 unspecified atom stereocenters. The number of ether oxygens (including phenoxy) is 1. The van der Waals surface area contributed by atoms with E-state index in [-0.39, 0.29) is 22.2 Å². The minimum Gasteiger partial charge on any atom is -0.481 e. The molecule has 1 fully saturated rings. The van der Waals surface area contributed by atoms with Gasteiger partial charge in [0.1, 0.15) is 11.0 Å². The second-order valence-corrected chi connectivity index (χ2v) is 7.96. The molecule has 1 saturated heterocycles. The van der Waals surface area contributed by atoms with Crippen molar-refractivity contribution in [3.63, 3.8) is 0 Å². The average molecular weight is 466 g/mol. The number of amidine groups is 1. The van der Waals surface area contributed by atoms with Gasteiger partial charge in [0.05, 0.1) is 23.2 Å². The molecule has 154 valence electrons. The van der Waals surface area contributed by atoms with E-state index in [2.05, 4.69) is 15.5 Å². The SMILES string of the molecule is O=C(O)CC1SC(=NN=Cc2ccc(OC(=O)c3ccc(Cl)cc3Cl)cc2)NC1=O. The first-order valence-corrected chi connectivity index (χ1v) is 10.0. The molecule has 0 aliphatic carbocycles. The van der Waals surface area contributed by atoms with Gasteiger partial charge in [-0.1, -0.05) is 35.0 Å². The first-order chi connectivity index (χ1) is 14.3. The van der Waals surface area contributed by atoms with Crippen molar-refractivity contribution in [2.24, 2.45) is 10.2 Å². The van der Waals surface area contributed by atoms with E-state index in [1.54, 1.807) is 30.3 Å². The van der Waals surface area contributed by atoms with Crippen LogP contribution in [0.15, 0.2) is 52.7 Å². The normalized spacial score (nSPS) is 17.3. The standard InChI is InChI=1S/C19H13Cl2N3O5S/c20-11-3-6-13(14(21)7-11)18(28)29-12-4-1-10(2-5-12)9-22-24-19-23-17(27)15(30-19)8-16(25)26/h1-7,9,15H,8H2,(H,25,26)(H,23,24,27). The fourth-order valence-corrected chi connectivity index (χ4v) is 3.73. The predicted octanol–water partition coefficient (Wildman–Crippen LogP) is 3.61. The predicted molar refractivity (Wildman–Crippen MR) is 115 cm³/mol. The highest BCUT2D eigenvalue weighted by atomic mass is 35.5. The highest BCUT2D eigenvalue weighted by Gasteiger charge is 2.32. The quantitative estimate of drug-likeness (QED) is 0.291. The molecule has 1 heterocycles. The molecule has 2 N–H and O–H groups in total. The number of halogens is 2. The number of carbonyl (C=O) groups excluding carboxylic acids is 2. The number of nitrogens with zero attached hydrogens (tertiary/aromatic N) is 2. The lowest BCUT2D eigenvalue weighted by Crippen LogP contribution is -2.26. The van der Waals surface area contributed by atoms with Crippen LogP contribution in [0.2, 0.25) is 10.0 Å². The smallest absolute Gasteiger partial charge is 0.345 e. The minimum absolute atomic E-state index is 0.192. The number of carbonyl (C=O) groups is 3. The summed E-state index contributed by atoms with van der Waals surface area (Å²) < 4.78 is 5.28. The van der Waals surface area contributed by atoms with E-state index in [9.17, 15) is 14.4 Å². The van der Waals surface area contributed by atoms with Crippen LogP contribution in [-0.2, 0) is 9.59 Å². The Labute approximate surface area is 184 Å². The summed E-state index contributed by atoms with van der Waals surface area (Å²) in [5, 5.41) is 19.1. The number of carboxylic acids is 1. The van der Waals surface area contributed by atoms with Crippen molar-refractivity contribution in [3.8, 4) is 5.75 Å². The highest BCUT2D eigenvalue weighted by molar-refractivity contribution is 8.15. The Morgan fingerprint density at radius 3 is 2.60 bits per heavy atom. The maximum atomic E-state index is 12.2. The Balaban J connectivity index is 1.59. The third-order valence-electron chi connectivity index (χ3n) is 3.73. The van der Waals surface area contributed by atoms with E-state index in [0.717, 1.165) is 11.8 Å². The van der Waals surface area contributed by atoms with Gasteiger partial charge in [0.25, 0.3) is 0 Å². The number of amides is 1. The van der Waals surface area contributed by atoms with Crippen LogP contribution in [0, 0.1) is 0 Å². The van der Waals surface area contributed by atoms with Crippen LogP contribution in [0.25, 0.3) is 0 Å². The van der Waals surface area contributed by atoms with Crippen molar-refractivity contribution in [1.29, 1.82) is 0 Å². The molecule has 30 heavy (non-hydrogen) atoms. The lowest BCUT2D eigenvalue weighted by atomic mass is 10.2. The number of thioether (sulfide) groups is 1. The Morgan fingerprint density at radius 2 is 1.93 bits per heavy atom. The number of carboxylic acid groups (broad SMARTS) is 1. The minimum atomic E-state index is -1.06. The Morgan fingerprint density at radius 1 is 1.20 bits per heavy atom. The summed E-state index contributed by atoms with van der Waals surface area (Å²) in [6.07, 6.45) is 1.15. The summed E-state index contributed by atoms with van der Waals surface area (Å²) in [7, 11) is 0. The summed E-state index contributed by atoms with van der Waals surface area (Å²) in [6.45, 7) is 0. The molecule has 1 aliphatic heterocycles. The molecule has 0 aromatic heterocycles. The molecule has 0 bridgehead atoms. The van der Waals surface area contributed by atoms with Crippen LogP contribution >= 0.6 is 35.0 Å². The van der Waals surface area contributed by atoms with Crippen LogP contribution in [-0.4, -0.2) is 39.6 Å². The number of benzene rings is 2. The second kappa shape index (κ2) is 9.75. The van der Waals surface area contributed by atoms with Crippen molar-refractivity contribution in [3.05, 3.63) is 63.6 Å². The van der Waals surface area contributed by atoms with Crippen molar-refractivity contribution < 1.29 is 24.2 Å². The van der Waals surface area contributed by atoms with Gasteiger partial charge < -0.3 is 15.2 Å². The Kier molecular flexibility index (Phi) is 7.09. The summed E-state index contributed by atoms with van der Waals surface area (Å²) in [5.41, 5.74) is 0.861. The summed E-state index contributed by atoms with van der Waals surface area (Å²) >= 11 is 12.8. The van der Waals surface area contributed by atoms with Gasteiger partial charge in [-0.05, 0) is 48.0 Å². The molecule has 2 aromatic rings. The summed E-state index contributed by atoms with van der Waals surface area (Å²) in [6, 6.07) is 10.9. The molecular formula is C19H13Cl2N3O5S. The molecule has 11 heteroatoms. The molecule has 0 radical (unpaired) electrons. The monoisotopic (exact) mass is 465 g/mol. The molecule has 1 aliphatic rings. The number of rotatable bonds is 6. The topological polar surface area (TPSA) is 117 Å². The Bertz CT molecular complexity index is 1060. The van der Waals surface area contributed by atoms with E-state index < -0.39 is 23.1 Å². The maximum absolute atomic E-state index is 12.2. The van der Waals surface area contributed by atoms with E-state index >= 15 is 0 Å². The van der Waals surface area contributed by atoms with Gasteiger partial charge in [0.15, 0.2) is 5.17 Å². The van der Waals surface area contributed by atoms with E-state index in [1.165, 1.54) is 18.3 Å². The van der Waals surface area contributed by atoms with Crippen LogP contribution in [0.3, 0.4) is 0 Å². The van der Waals surface area contributed by atoms with Crippen molar-refractivity contribution in [2.45, 2.75) is 11.7 Å². The van der Waals surface area contributed by atoms with Crippen LogP contribution < -0.4 is 10.1 Å². The molecule has 0 spiro atoms. The Hall–Kier alpha value is -2.88. The van der Waals surface area contributed by atoms with Crippen LogP contribution in [0.4, 0.5) is 0 Å². The molecule has 2 aromatic carbocycles. The number of esters is 1. The van der Waals surface area contributed by atoms with Gasteiger partial charge in [-0.2, -0.15) is 5.10 Å². The number of hydrogen-bond donors (Lipinski definition) is 2. The summed E-state index contributed by atoms with van der Waals surface area (Å²) in [4.78, 5) is 34.5. The van der Waals surface area contributed by atoms with Crippen LogP contribution in [0.1, 0.15) is 22.3 Å². The fraction of sp³-hybridized carbons (Fsp3) is 0.105. The van der Waals surface area contributed by atoms with Gasteiger partial charge in [-0.3, -0.25) is 9.59 Å². The maximum Gasteiger partial charge on any atom is 0.345 e. The number of aliphatic carboxylic acids is 1. The van der Waals surface area contributed by atoms with E-state index in [4.69, 9.17) is 33.0 Å². The third-order valence-corrected chi connectivity index (χ3v) is 5.35. The van der Waals surface area contributed by atoms with Gasteiger partial charge in [0.2, 0.25) is 5.91 Å². The third kappa shape index (κ3) is 5.82. The first kappa shape index (κ1) is 21.8. The number of hydrogen-bond acceptors (Lipinski definition) is 7. The molecule has 3 rings (SSSR count). The largest absolute Gasteiger partial charge is 0.481 e. The molecular weight excluding hydrogens is 453 g/mol. The fourth-order valence-electron chi connectivity index (χ4n) is 2.33. The zero-order valence-corrected chi connectivity index (χ0v) is 17.4. The molecule has 0 saturated carbocycles. The lowest BCUT2D eigenvalue weighted by molar-refractivity contribution is -0.138. The second-order valence-electron chi connectivity index (χ2n) is 5.93. The van der Waals surface area contributed by atoms with E-state index in [0.29, 0.717) is 16.3 Å². The molecule has 1 atom stereocenters. The van der Waals surface area contributed by atoms with Crippen molar-refractivity contribution in [2.75, 3.05) is 0 Å². The highest BCUT2D eigenvalue weighted by Crippen LogP contribution is 2.23. The van der Waals surface area contributed by atoms with E-state index in [1.807, 2.05) is 0 Å². The number of nitrogens with one attached hydrogen (secondary N) is 1. The van der Waals surface area contributed by atoms with Crippen molar-refractivity contribution >= 4 is 64.2 Å². The van der Waals surface area contributed by atoms with Gasteiger partial charge in [-0.25, -0.2) is 4.79 Å². The van der Waals surface area contributed by atoms with Gasteiger partial charge in [-0.15, -0.1) is 5.10 Å². The first-order valence-electron chi connectivity index (χ1n) is 8.39. The van der Waals surface area contributed by atoms with Crippen LogP contribution in [0.5, 0.6) is 5.75 Å². The molecule has 1 amide bonds. The van der Waals surface area contributed by atoms with Gasteiger partial charge >= 0.3 is 11.9 Å². The van der Waals surface area contributed by atoms with Gasteiger partial charge in [0, 0.05) is 5.02 Å². The lowest BCUT2D eigenvalue weighted by Gasteiger charge is -2.06. The average Bonchev–Trinajstić information content (AvgIpc) is 3.01.